The van der Waals surface area contributed by atoms with Gasteiger partial charge in [-0.3, -0.25) is 4.79 Å². The Morgan fingerprint density at radius 1 is 1.30 bits per heavy atom. The molecule has 1 aliphatic carbocycles. The number of nitrogens with two attached hydrogens (primary N) is 1. The molecule has 0 spiro atoms. The van der Waals surface area contributed by atoms with Crippen LogP contribution in [0.25, 0.3) is 0 Å². The SMILES string of the molecule is NCC1(C(=O)N[C@H](Cc2ccccc2)C(=O)O)CCC1. The molecule has 0 heterocycles. The summed E-state index contributed by atoms with van der Waals surface area (Å²) >= 11 is 0. The molecule has 1 aromatic rings. The van der Waals surface area contributed by atoms with Crippen molar-refractivity contribution in [1.29, 1.82) is 0 Å². The molecule has 5 nitrogen and oxygen atoms in total. The van der Waals surface area contributed by atoms with Gasteiger partial charge in [-0.25, -0.2) is 4.79 Å². The van der Waals surface area contributed by atoms with Crippen molar-refractivity contribution in [2.45, 2.75) is 31.7 Å². The molecule has 1 fully saturated rings. The van der Waals surface area contributed by atoms with E-state index >= 15 is 0 Å². The van der Waals surface area contributed by atoms with Gasteiger partial charge < -0.3 is 16.2 Å². The van der Waals surface area contributed by atoms with Crippen LogP contribution in [0.3, 0.4) is 0 Å². The van der Waals surface area contributed by atoms with Crippen molar-refractivity contribution in [2.24, 2.45) is 11.1 Å². The molecule has 1 atom stereocenters. The minimum Gasteiger partial charge on any atom is -0.480 e. The fraction of sp³-hybridized carbons (Fsp3) is 0.467. The van der Waals surface area contributed by atoms with E-state index in [1.54, 1.807) is 0 Å². The first-order chi connectivity index (χ1) is 9.57. The Kier molecular flexibility index (Phi) is 4.39. The molecule has 1 saturated carbocycles. The number of carbonyl (C=O) groups is 2. The molecule has 1 aromatic carbocycles. The van der Waals surface area contributed by atoms with Crippen LogP contribution in [0.15, 0.2) is 30.3 Å². The van der Waals surface area contributed by atoms with Gasteiger partial charge in [0.1, 0.15) is 6.04 Å². The average molecular weight is 276 g/mol. The summed E-state index contributed by atoms with van der Waals surface area (Å²) in [6.07, 6.45) is 2.74. The van der Waals surface area contributed by atoms with Crippen molar-refractivity contribution in [3.05, 3.63) is 35.9 Å². The molecule has 0 aromatic heterocycles. The van der Waals surface area contributed by atoms with Crippen molar-refractivity contribution in [3.8, 4) is 0 Å². The second-order valence-electron chi connectivity index (χ2n) is 5.39. The van der Waals surface area contributed by atoms with E-state index in [0.29, 0.717) is 0 Å². The van der Waals surface area contributed by atoms with Gasteiger partial charge in [-0.15, -0.1) is 0 Å². The third-order valence-corrected chi connectivity index (χ3v) is 4.07. The number of rotatable bonds is 6. The summed E-state index contributed by atoms with van der Waals surface area (Å²) in [7, 11) is 0. The minimum absolute atomic E-state index is 0.227. The quantitative estimate of drug-likeness (QED) is 0.720. The van der Waals surface area contributed by atoms with Gasteiger partial charge in [0, 0.05) is 13.0 Å². The van der Waals surface area contributed by atoms with Crippen molar-refractivity contribution < 1.29 is 14.7 Å². The summed E-state index contributed by atoms with van der Waals surface area (Å²) in [6.45, 7) is 0.274. The van der Waals surface area contributed by atoms with E-state index in [-0.39, 0.29) is 18.9 Å². The maximum absolute atomic E-state index is 12.2. The standard InChI is InChI=1S/C15H20N2O3/c16-10-15(7-4-8-15)14(20)17-12(13(18)19)9-11-5-2-1-3-6-11/h1-3,5-6,12H,4,7-10,16H2,(H,17,20)(H,18,19)/t12-/m1/s1. The lowest BCUT2D eigenvalue weighted by molar-refractivity contribution is -0.145. The maximum atomic E-state index is 12.2. The Bertz CT molecular complexity index is 478. The molecular formula is C15H20N2O3. The third kappa shape index (κ3) is 2.99. The maximum Gasteiger partial charge on any atom is 0.326 e. The van der Waals surface area contributed by atoms with Crippen LogP contribution < -0.4 is 11.1 Å². The highest BCUT2D eigenvalue weighted by atomic mass is 16.4. The van der Waals surface area contributed by atoms with Gasteiger partial charge in [0.05, 0.1) is 5.41 Å². The van der Waals surface area contributed by atoms with Gasteiger partial charge in [0.15, 0.2) is 0 Å². The number of carboxylic acids is 1. The Morgan fingerprint density at radius 3 is 2.40 bits per heavy atom. The lowest BCUT2D eigenvalue weighted by Gasteiger charge is -2.39. The van der Waals surface area contributed by atoms with Crippen LogP contribution in [0.1, 0.15) is 24.8 Å². The molecule has 0 radical (unpaired) electrons. The first kappa shape index (κ1) is 14.5. The molecule has 1 amide bonds. The molecular weight excluding hydrogens is 256 g/mol. The van der Waals surface area contributed by atoms with Gasteiger partial charge in [-0.2, -0.15) is 0 Å². The van der Waals surface area contributed by atoms with E-state index in [1.165, 1.54) is 0 Å². The third-order valence-electron chi connectivity index (χ3n) is 4.07. The Morgan fingerprint density at radius 2 is 1.95 bits per heavy atom. The summed E-state index contributed by atoms with van der Waals surface area (Å²) in [5.74, 6) is -1.25. The Hall–Kier alpha value is -1.88. The van der Waals surface area contributed by atoms with Crippen LogP contribution in [0, 0.1) is 5.41 Å². The van der Waals surface area contributed by atoms with Crippen LogP contribution >= 0.6 is 0 Å². The minimum atomic E-state index is -1.02. The smallest absolute Gasteiger partial charge is 0.326 e. The molecule has 2 rings (SSSR count). The number of aliphatic carboxylic acids is 1. The fourth-order valence-electron chi connectivity index (χ4n) is 2.49. The second kappa shape index (κ2) is 6.05. The van der Waals surface area contributed by atoms with Gasteiger partial charge in [-0.1, -0.05) is 36.8 Å². The molecule has 20 heavy (non-hydrogen) atoms. The molecule has 0 saturated heterocycles. The molecule has 108 valence electrons. The van der Waals surface area contributed by atoms with Gasteiger partial charge in [-0.05, 0) is 18.4 Å². The van der Waals surface area contributed by atoms with Crippen LogP contribution in [-0.4, -0.2) is 29.6 Å². The summed E-state index contributed by atoms with van der Waals surface area (Å²) in [5.41, 5.74) is 6.00. The van der Waals surface area contributed by atoms with Crippen molar-refractivity contribution in [3.63, 3.8) is 0 Å². The largest absolute Gasteiger partial charge is 0.480 e. The zero-order chi connectivity index (χ0) is 14.6. The van der Waals surface area contributed by atoms with Crippen molar-refractivity contribution in [1.82, 2.24) is 5.32 Å². The molecule has 1 aliphatic rings. The van der Waals surface area contributed by atoms with E-state index < -0.39 is 17.4 Å². The molecule has 0 aliphatic heterocycles. The zero-order valence-corrected chi connectivity index (χ0v) is 11.3. The number of hydrogen-bond donors (Lipinski definition) is 3. The van der Waals surface area contributed by atoms with Gasteiger partial charge >= 0.3 is 5.97 Å². The Balaban J connectivity index is 2.03. The number of hydrogen-bond acceptors (Lipinski definition) is 3. The van der Waals surface area contributed by atoms with E-state index in [0.717, 1.165) is 24.8 Å². The highest BCUT2D eigenvalue weighted by molar-refractivity contribution is 5.88. The second-order valence-corrected chi connectivity index (χ2v) is 5.39. The normalized spacial score (nSPS) is 17.9. The Labute approximate surface area is 118 Å². The fourth-order valence-corrected chi connectivity index (χ4v) is 2.49. The first-order valence-corrected chi connectivity index (χ1v) is 6.85. The summed E-state index contributed by atoms with van der Waals surface area (Å²) in [4.78, 5) is 23.5. The van der Waals surface area contributed by atoms with Gasteiger partial charge in [0.25, 0.3) is 0 Å². The van der Waals surface area contributed by atoms with Crippen LogP contribution in [0.2, 0.25) is 0 Å². The summed E-state index contributed by atoms with van der Waals surface area (Å²) < 4.78 is 0. The molecule has 4 N–H and O–H groups in total. The highest BCUT2D eigenvalue weighted by Gasteiger charge is 2.43. The van der Waals surface area contributed by atoms with Crippen LogP contribution in [0.4, 0.5) is 0 Å². The van der Waals surface area contributed by atoms with E-state index in [2.05, 4.69) is 5.32 Å². The lowest BCUT2D eigenvalue weighted by Crippen LogP contribution is -2.54. The monoisotopic (exact) mass is 276 g/mol. The van der Waals surface area contributed by atoms with E-state index in [1.807, 2.05) is 30.3 Å². The van der Waals surface area contributed by atoms with Crippen molar-refractivity contribution in [2.75, 3.05) is 6.54 Å². The van der Waals surface area contributed by atoms with Crippen LogP contribution in [-0.2, 0) is 16.0 Å². The van der Waals surface area contributed by atoms with E-state index in [4.69, 9.17) is 5.73 Å². The number of nitrogens with one attached hydrogen (secondary N) is 1. The first-order valence-electron chi connectivity index (χ1n) is 6.85. The van der Waals surface area contributed by atoms with Crippen molar-refractivity contribution >= 4 is 11.9 Å². The number of benzene rings is 1. The highest BCUT2D eigenvalue weighted by Crippen LogP contribution is 2.40. The molecule has 0 unspecified atom stereocenters. The number of carbonyl (C=O) groups excluding carboxylic acids is 1. The molecule has 5 heteroatoms. The predicted octanol–water partition coefficient (Wildman–Crippen LogP) is 0.928. The number of amides is 1. The number of carboxylic acid groups (broad SMARTS) is 1. The predicted molar refractivity (Wildman–Crippen MR) is 75.1 cm³/mol. The summed E-state index contributed by atoms with van der Waals surface area (Å²) in [5, 5.41) is 11.9. The lowest BCUT2D eigenvalue weighted by atomic mass is 9.68. The van der Waals surface area contributed by atoms with Gasteiger partial charge in [0.2, 0.25) is 5.91 Å². The van der Waals surface area contributed by atoms with Crippen LogP contribution in [0.5, 0.6) is 0 Å². The topological polar surface area (TPSA) is 92.4 Å². The zero-order valence-electron chi connectivity index (χ0n) is 11.3. The average Bonchev–Trinajstić information content (AvgIpc) is 2.38. The molecule has 0 bridgehead atoms. The summed E-state index contributed by atoms with van der Waals surface area (Å²) in [6, 6.07) is 8.37. The van der Waals surface area contributed by atoms with E-state index in [9.17, 15) is 14.7 Å².